The molecule has 0 saturated carbocycles. The van der Waals surface area contributed by atoms with E-state index in [-0.39, 0.29) is 121 Å². The van der Waals surface area contributed by atoms with Crippen molar-refractivity contribution >= 4 is 61.3 Å². The maximum absolute atomic E-state index is 5.03. The van der Waals surface area contributed by atoms with Crippen molar-refractivity contribution in [2.75, 3.05) is 0 Å². The molecule has 12 aromatic rings. The predicted molar refractivity (Wildman–Crippen MR) is 631 cm³/mol. The number of rotatable bonds is 0. The monoisotopic (exact) mass is 2010 g/mol. The molecule has 147 heavy (non-hydrogen) atoms. The van der Waals surface area contributed by atoms with Gasteiger partial charge in [-0.3, -0.25) is 14.4 Å². The van der Waals surface area contributed by atoms with E-state index in [0.29, 0.717) is 0 Å². The standard InChI is InChI=1S/2C19H30N2.2C18H29N3.C18H31N3.C18H29N3.C17H28N4/c1-17(2,3)13-12-21(19(7,8)9)14-10-11-20-16(15(13)14)18(4,5)6;1-17(2,3)13-10-11-20-16-15(13)14(18(4,5)6)12-21(16)19(7,8)9;1-16(2,3)12-10-21(18(7,8)9)15-13(12)14(17(4,5)6)19-11-20-15;1-16(2,3)13-12-14(17(4,5)6)20-15(18(7,8)9)21(12)11-10-19-13;1-16(2,3)13-10-11-19-21-14(17(4,5)6)12-20(15(13)21)18(7,8)9;1-16(2,3)12-10-11-19-21-13(12)14(17(4,5)6)20-15(21)18(7,8)9;1-15(2,3)12-11-13(16(4,5)6)20-21(17(7,8)9)14(11)19-10-18-12/h2*10-12H,1-9H3;2*10-11H,1-9H3;10-12,15H,1-9H3;10-11H,1-9H3;10H,1-9H3. The predicted octanol–water partition coefficient (Wildman–Crippen LogP) is 33.6. The second-order valence-electron chi connectivity index (χ2n) is 63.4. The molecule has 12 aromatic heterocycles. The third-order valence-corrected chi connectivity index (χ3v) is 26.8. The number of fused-ring (bicyclic) bond motifs is 7. The van der Waals surface area contributed by atoms with E-state index < -0.39 is 0 Å². The Morgan fingerprint density at radius 2 is 0.639 bits per heavy atom. The van der Waals surface area contributed by atoms with Crippen LogP contribution < -0.4 is 0 Å². The molecular formula is C127H206N20. The molecule has 0 N–H and O–H groups in total. The Morgan fingerprint density at radius 1 is 0.265 bits per heavy atom. The highest BCUT2D eigenvalue weighted by Gasteiger charge is 2.48. The molecule has 0 fully saturated rings. The Bertz CT molecular complexity index is 5810. The van der Waals surface area contributed by atoms with Crippen molar-refractivity contribution in [3.05, 3.63) is 183 Å². The molecule has 0 saturated heterocycles. The molecule has 14 rings (SSSR count). The molecule has 814 valence electrons. The van der Waals surface area contributed by atoms with Crippen LogP contribution in [0.1, 0.15) is 516 Å². The maximum Gasteiger partial charge on any atom is 0.162 e. The molecule has 1 atom stereocenters. The highest BCUT2D eigenvalue weighted by molar-refractivity contribution is 5.90. The minimum Gasteiger partial charge on any atom is -0.346 e. The molecule has 14 heterocycles. The molecule has 0 bridgehead atoms. The molecule has 0 spiro atoms. The number of hydrogen-bond acceptors (Lipinski definition) is 14. The number of allylic oxidation sites excluding steroid dienone is 2. The molecule has 0 aliphatic carbocycles. The fraction of sp³-hybridized carbons (Fsp3) is 0.669. The lowest BCUT2D eigenvalue weighted by Crippen LogP contribution is -2.51. The van der Waals surface area contributed by atoms with Gasteiger partial charge in [-0.05, 0) is 194 Å². The zero-order valence-electron chi connectivity index (χ0n) is 105. The molecule has 20 nitrogen and oxygen atoms in total. The number of imidazole rings is 2. The average molecular weight is 2010 g/mol. The van der Waals surface area contributed by atoms with Gasteiger partial charge in [-0.25, -0.2) is 49.1 Å². The van der Waals surface area contributed by atoms with Crippen LogP contribution in [-0.4, -0.2) is 110 Å². The van der Waals surface area contributed by atoms with Crippen molar-refractivity contribution in [1.82, 2.24) is 92.3 Å². The van der Waals surface area contributed by atoms with Crippen LogP contribution in [0.5, 0.6) is 0 Å². The van der Waals surface area contributed by atoms with Crippen molar-refractivity contribution < 1.29 is 0 Å². The topological polar surface area (TPSA) is 189 Å². The van der Waals surface area contributed by atoms with Crippen molar-refractivity contribution in [1.29, 1.82) is 0 Å². The van der Waals surface area contributed by atoms with Gasteiger partial charge in [-0.2, -0.15) is 15.3 Å². The Hall–Kier alpha value is -9.46. The molecular weight excluding hydrogens is 1810 g/mol. The number of pyridine rings is 2. The van der Waals surface area contributed by atoms with Gasteiger partial charge < -0.3 is 18.6 Å². The molecule has 1 unspecified atom stereocenters. The molecule has 20 heteroatoms. The SMILES string of the molecule is CC(C)(C)C1=CC=NN2C(C(C)(C)C)=CN(C(C)(C)C)C12.CC(C)(C)c1ccnc2c1c(C(C)(C)C)cn2C(C)(C)C.CC(C)(C)c1ccnn2c(C(C)(C)C)nc(C(C)(C)C)c12.CC(C)(C)c1cn(C(C)(C)C)c2ccnc(C(C)(C)C)c12.CC(C)(C)c1cn(C(C)(C)C)c2ncnc(C(C)(C)C)c12.CC(C)(C)c1nccn2c(C(C)(C)C)nc(C(C)(C)C)c12.CC(C)(C)c1ncnc2c1c(C(C)(C)C)nn2C(C)(C)C. The van der Waals surface area contributed by atoms with Crippen LogP contribution in [0.4, 0.5) is 0 Å². The fourth-order valence-electron chi connectivity index (χ4n) is 19.2. The van der Waals surface area contributed by atoms with E-state index in [1.54, 1.807) is 12.7 Å². The summed E-state index contributed by atoms with van der Waals surface area (Å²) in [5.41, 5.74) is 24.9. The molecule has 0 radical (unpaired) electrons. The van der Waals surface area contributed by atoms with E-state index in [2.05, 4.69) is 553 Å². The van der Waals surface area contributed by atoms with Gasteiger partial charge in [0.05, 0.1) is 73.0 Å². The van der Waals surface area contributed by atoms with Crippen molar-refractivity contribution in [3.63, 3.8) is 0 Å². The van der Waals surface area contributed by atoms with Crippen LogP contribution in [0.25, 0.3) is 55.0 Å². The summed E-state index contributed by atoms with van der Waals surface area (Å²) in [5.74, 6) is 2.14. The first kappa shape index (κ1) is 123. The lowest BCUT2D eigenvalue weighted by molar-refractivity contribution is 0.0793. The van der Waals surface area contributed by atoms with Gasteiger partial charge in [0.25, 0.3) is 0 Å². The van der Waals surface area contributed by atoms with Crippen LogP contribution in [0, 0.1) is 10.8 Å². The van der Waals surface area contributed by atoms with E-state index in [4.69, 9.17) is 25.0 Å². The van der Waals surface area contributed by atoms with Crippen LogP contribution in [0.2, 0.25) is 0 Å². The van der Waals surface area contributed by atoms with E-state index in [1.165, 1.54) is 77.5 Å². The third-order valence-electron chi connectivity index (χ3n) is 26.8. The molecule has 0 aromatic carbocycles. The van der Waals surface area contributed by atoms with Gasteiger partial charge >= 0.3 is 0 Å². The average Bonchev–Trinajstić information content (AvgIpc) is 1.63. The summed E-state index contributed by atoms with van der Waals surface area (Å²) in [6, 6.07) is 6.48. The van der Waals surface area contributed by atoms with Crippen molar-refractivity contribution in [3.8, 4) is 0 Å². The Kier molecular flexibility index (Phi) is 33.6. The smallest absolute Gasteiger partial charge is 0.162 e. The first-order chi connectivity index (χ1) is 65.3. The summed E-state index contributed by atoms with van der Waals surface area (Å²) in [4.78, 5) is 45.0. The lowest BCUT2D eigenvalue weighted by Gasteiger charge is -2.45. The lowest BCUT2D eigenvalue weighted by atomic mass is 9.80. The number of hydrogen-bond donors (Lipinski definition) is 0. The Labute approximate surface area is 893 Å². The van der Waals surface area contributed by atoms with Crippen LogP contribution >= 0.6 is 0 Å². The normalized spacial score (nSPS) is 15.3. The summed E-state index contributed by atoms with van der Waals surface area (Å²) in [5, 5.41) is 21.5. The summed E-state index contributed by atoms with van der Waals surface area (Å²) in [6.07, 6.45) is 26.7. The Morgan fingerprint density at radius 3 is 1.04 bits per heavy atom. The second kappa shape index (κ2) is 40.3. The summed E-state index contributed by atoms with van der Waals surface area (Å²) in [6.45, 7) is 141. The molecule has 2 aliphatic rings. The van der Waals surface area contributed by atoms with Crippen LogP contribution in [-0.2, 0) is 98.0 Å². The van der Waals surface area contributed by atoms with E-state index >= 15 is 0 Å². The quantitative estimate of drug-likeness (QED) is 0.140. The summed E-state index contributed by atoms with van der Waals surface area (Å²) in [7, 11) is 0. The van der Waals surface area contributed by atoms with Crippen LogP contribution in [0.15, 0.2) is 109 Å². The van der Waals surface area contributed by atoms with Gasteiger partial charge in [0.15, 0.2) is 5.65 Å². The van der Waals surface area contributed by atoms with Gasteiger partial charge in [0.1, 0.15) is 41.8 Å². The Balaban J connectivity index is 0.000000209. The highest BCUT2D eigenvalue weighted by Crippen LogP contribution is 2.50. The minimum atomic E-state index is -0.106. The summed E-state index contributed by atoms with van der Waals surface area (Å²) >= 11 is 0. The first-order valence-corrected chi connectivity index (χ1v) is 54.3. The summed E-state index contributed by atoms with van der Waals surface area (Å²) < 4.78 is 13.4. The van der Waals surface area contributed by atoms with E-state index in [9.17, 15) is 0 Å². The number of nitrogens with zero attached hydrogens (tertiary/aromatic N) is 20. The minimum absolute atomic E-state index is 0.00220. The van der Waals surface area contributed by atoms with Crippen molar-refractivity contribution in [2.45, 2.75) is 546 Å². The maximum atomic E-state index is 5.03. The van der Waals surface area contributed by atoms with Gasteiger partial charge in [0, 0.05) is 154 Å². The zero-order valence-corrected chi connectivity index (χ0v) is 105. The number of aromatic nitrogens is 17. The first-order valence-electron chi connectivity index (χ1n) is 54.3. The largest absolute Gasteiger partial charge is 0.346 e. The zero-order chi connectivity index (χ0) is 114. The van der Waals surface area contributed by atoms with Crippen molar-refractivity contribution in [2.24, 2.45) is 15.9 Å². The molecule has 2 aliphatic heterocycles. The molecule has 0 amide bonds. The van der Waals surface area contributed by atoms with Gasteiger partial charge in [0.2, 0.25) is 0 Å². The number of hydrazone groups is 1. The van der Waals surface area contributed by atoms with E-state index in [1.807, 2.05) is 41.9 Å². The van der Waals surface area contributed by atoms with Gasteiger partial charge in [-0.15, -0.1) is 0 Å². The van der Waals surface area contributed by atoms with Gasteiger partial charge in [-0.1, -0.05) is 332 Å². The second-order valence-corrected chi connectivity index (χ2v) is 63.4. The third kappa shape index (κ3) is 27.7. The fourth-order valence-corrected chi connectivity index (χ4v) is 19.2. The highest BCUT2D eigenvalue weighted by atomic mass is 15.6. The van der Waals surface area contributed by atoms with E-state index in [0.717, 1.165) is 68.1 Å². The van der Waals surface area contributed by atoms with Crippen LogP contribution in [0.3, 0.4) is 0 Å².